The van der Waals surface area contributed by atoms with Crippen molar-refractivity contribution < 1.29 is 19.4 Å². The quantitative estimate of drug-likeness (QED) is 0.455. The molecule has 1 unspecified atom stereocenters. The Hall–Kier alpha value is -3.11. The van der Waals surface area contributed by atoms with E-state index in [9.17, 15) is 19.4 Å². The van der Waals surface area contributed by atoms with Gasteiger partial charge in [-0.05, 0) is 42.9 Å². The van der Waals surface area contributed by atoms with Crippen LogP contribution in [-0.2, 0) is 4.79 Å². The number of carbonyl (C=O) groups excluding carboxylic acids is 1. The van der Waals surface area contributed by atoms with Crippen molar-refractivity contribution in [3.8, 4) is 0 Å². The standard InChI is InChI=1S/C22H25FN6O3/c23-13-1-2-16(25-9-13)18(31)17(10-30)28-21(32)15-4-8-29(11-22(15)5-6-22)20-14-3-7-24-19(14)26-12-27-20/h1-3,7,9,12,15,17-18,30-31H,4-6,8,10-11H2,(H,28,32)(H,24,26,27)/t15?,17-,18+/m0/s1. The van der Waals surface area contributed by atoms with Gasteiger partial charge < -0.3 is 25.4 Å². The van der Waals surface area contributed by atoms with Crippen LogP contribution in [0.2, 0.25) is 0 Å². The fourth-order valence-corrected chi connectivity index (χ4v) is 4.80. The molecule has 1 saturated carbocycles. The lowest BCUT2D eigenvalue weighted by Gasteiger charge is -2.39. The molecular weight excluding hydrogens is 415 g/mol. The van der Waals surface area contributed by atoms with E-state index in [1.54, 1.807) is 6.33 Å². The van der Waals surface area contributed by atoms with Crippen LogP contribution in [-0.4, -0.2) is 61.8 Å². The first-order valence-electron chi connectivity index (χ1n) is 10.7. The highest BCUT2D eigenvalue weighted by Crippen LogP contribution is 2.56. The summed E-state index contributed by atoms with van der Waals surface area (Å²) < 4.78 is 13.1. The van der Waals surface area contributed by atoms with Gasteiger partial charge in [0.15, 0.2) is 0 Å². The Morgan fingerprint density at radius 2 is 2.16 bits per heavy atom. The van der Waals surface area contributed by atoms with Gasteiger partial charge in [-0.15, -0.1) is 0 Å². The Balaban J connectivity index is 1.29. The predicted molar refractivity (Wildman–Crippen MR) is 114 cm³/mol. The smallest absolute Gasteiger partial charge is 0.224 e. The molecule has 3 aromatic rings. The van der Waals surface area contributed by atoms with Gasteiger partial charge in [0.1, 0.15) is 29.7 Å². The number of piperidine rings is 1. The molecule has 168 valence electrons. The maximum atomic E-state index is 13.2. The maximum Gasteiger partial charge on any atom is 0.224 e. The summed E-state index contributed by atoms with van der Waals surface area (Å²) in [4.78, 5) is 31.1. The number of aromatic nitrogens is 4. The zero-order valence-electron chi connectivity index (χ0n) is 17.4. The lowest BCUT2D eigenvalue weighted by molar-refractivity contribution is -0.130. The summed E-state index contributed by atoms with van der Waals surface area (Å²) in [5.74, 6) is -0.0532. The fraction of sp³-hybridized carbons (Fsp3) is 0.455. The maximum absolute atomic E-state index is 13.2. The summed E-state index contributed by atoms with van der Waals surface area (Å²) in [5.41, 5.74) is 0.838. The zero-order chi connectivity index (χ0) is 22.3. The number of aliphatic hydroxyl groups excluding tert-OH is 2. The number of amides is 1. The number of anilines is 1. The molecule has 0 radical (unpaired) electrons. The van der Waals surface area contributed by atoms with Crippen LogP contribution >= 0.6 is 0 Å². The van der Waals surface area contributed by atoms with Crippen molar-refractivity contribution in [3.05, 3.63) is 48.4 Å². The minimum Gasteiger partial charge on any atom is -0.394 e. The monoisotopic (exact) mass is 440 g/mol. The molecule has 10 heteroatoms. The van der Waals surface area contributed by atoms with Crippen LogP contribution in [0.3, 0.4) is 0 Å². The largest absolute Gasteiger partial charge is 0.394 e. The van der Waals surface area contributed by atoms with E-state index in [4.69, 9.17) is 0 Å². The lowest BCUT2D eigenvalue weighted by Crippen LogP contribution is -2.51. The third-order valence-corrected chi connectivity index (χ3v) is 6.73. The minimum absolute atomic E-state index is 0.144. The average molecular weight is 440 g/mol. The number of hydrogen-bond donors (Lipinski definition) is 4. The highest BCUT2D eigenvalue weighted by atomic mass is 19.1. The molecule has 32 heavy (non-hydrogen) atoms. The Kier molecular flexibility index (Phi) is 5.26. The predicted octanol–water partition coefficient (Wildman–Crippen LogP) is 1.31. The van der Waals surface area contributed by atoms with E-state index in [-0.39, 0.29) is 22.9 Å². The van der Waals surface area contributed by atoms with Crippen LogP contribution in [0.15, 0.2) is 36.9 Å². The highest BCUT2D eigenvalue weighted by Gasteiger charge is 2.55. The van der Waals surface area contributed by atoms with Crippen molar-refractivity contribution >= 4 is 22.8 Å². The Morgan fingerprint density at radius 1 is 1.31 bits per heavy atom. The van der Waals surface area contributed by atoms with E-state index in [0.717, 1.165) is 35.9 Å². The second kappa shape index (κ2) is 8.10. The summed E-state index contributed by atoms with van der Waals surface area (Å²) >= 11 is 0. The molecule has 1 aliphatic heterocycles. The number of nitrogens with one attached hydrogen (secondary N) is 2. The van der Waals surface area contributed by atoms with Crippen LogP contribution in [0.1, 0.15) is 31.1 Å². The molecule has 1 aliphatic carbocycles. The van der Waals surface area contributed by atoms with E-state index in [2.05, 4.69) is 30.2 Å². The molecule has 3 aromatic heterocycles. The summed E-state index contributed by atoms with van der Waals surface area (Å²) in [6.07, 6.45) is 5.67. The summed E-state index contributed by atoms with van der Waals surface area (Å²) in [6, 6.07) is 3.57. The first kappa shape index (κ1) is 20.8. The second-order valence-electron chi connectivity index (χ2n) is 8.71. The Morgan fingerprint density at radius 3 is 2.88 bits per heavy atom. The molecule has 9 nitrogen and oxygen atoms in total. The molecule has 2 aliphatic rings. The molecule has 1 spiro atoms. The van der Waals surface area contributed by atoms with E-state index >= 15 is 0 Å². The molecule has 0 aromatic carbocycles. The molecule has 4 heterocycles. The van der Waals surface area contributed by atoms with Crippen molar-refractivity contribution in [3.63, 3.8) is 0 Å². The number of carbonyl (C=O) groups is 1. The topological polar surface area (TPSA) is 127 Å². The number of pyridine rings is 1. The summed E-state index contributed by atoms with van der Waals surface area (Å²) in [5, 5.41) is 24.1. The zero-order valence-corrected chi connectivity index (χ0v) is 17.4. The number of aromatic amines is 1. The normalized spacial score (nSPS) is 21.5. The van der Waals surface area contributed by atoms with Crippen molar-refractivity contribution in [1.82, 2.24) is 25.3 Å². The Labute approximate surface area is 183 Å². The third-order valence-electron chi connectivity index (χ3n) is 6.73. The lowest BCUT2D eigenvalue weighted by atomic mass is 9.81. The van der Waals surface area contributed by atoms with Crippen molar-refractivity contribution in [2.45, 2.75) is 31.4 Å². The van der Waals surface area contributed by atoms with Gasteiger partial charge in [-0.1, -0.05) is 0 Å². The fourth-order valence-electron chi connectivity index (χ4n) is 4.80. The first-order valence-corrected chi connectivity index (χ1v) is 10.7. The average Bonchev–Trinajstić information content (AvgIpc) is 3.38. The van der Waals surface area contributed by atoms with Gasteiger partial charge in [0.25, 0.3) is 0 Å². The highest BCUT2D eigenvalue weighted by molar-refractivity contribution is 5.87. The summed E-state index contributed by atoms with van der Waals surface area (Å²) in [6.45, 7) is 0.932. The molecule has 1 saturated heterocycles. The van der Waals surface area contributed by atoms with E-state index in [1.165, 1.54) is 12.1 Å². The van der Waals surface area contributed by atoms with Gasteiger partial charge in [0.2, 0.25) is 5.91 Å². The number of nitrogens with zero attached hydrogens (tertiary/aromatic N) is 4. The van der Waals surface area contributed by atoms with Crippen LogP contribution in [0, 0.1) is 17.2 Å². The number of hydrogen-bond acceptors (Lipinski definition) is 7. The number of H-pyrrole nitrogens is 1. The first-order chi connectivity index (χ1) is 15.5. The van der Waals surface area contributed by atoms with Crippen molar-refractivity contribution in [2.75, 3.05) is 24.6 Å². The van der Waals surface area contributed by atoms with Crippen LogP contribution in [0.25, 0.3) is 11.0 Å². The molecule has 3 atom stereocenters. The third kappa shape index (κ3) is 3.69. The van der Waals surface area contributed by atoms with Gasteiger partial charge in [-0.3, -0.25) is 9.78 Å². The van der Waals surface area contributed by atoms with Crippen LogP contribution < -0.4 is 10.2 Å². The second-order valence-corrected chi connectivity index (χ2v) is 8.71. The van der Waals surface area contributed by atoms with E-state index in [0.29, 0.717) is 19.5 Å². The molecule has 2 fully saturated rings. The molecule has 5 rings (SSSR count). The Bertz CT molecular complexity index is 1120. The van der Waals surface area contributed by atoms with Gasteiger partial charge >= 0.3 is 0 Å². The molecular formula is C22H25FN6O3. The molecule has 4 N–H and O–H groups in total. The van der Waals surface area contributed by atoms with E-state index < -0.39 is 24.6 Å². The van der Waals surface area contributed by atoms with Gasteiger partial charge in [-0.2, -0.15) is 0 Å². The van der Waals surface area contributed by atoms with Gasteiger partial charge in [0, 0.05) is 25.2 Å². The SMILES string of the molecule is O=C(N[C@@H](CO)[C@H](O)c1ccc(F)cn1)C1CCN(c2ncnc3[nH]ccc23)CC12CC2. The van der Waals surface area contributed by atoms with Gasteiger partial charge in [-0.25, -0.2) is 14.4 Å². The minimum atomic E-state index is -1.23. The van der Waals surface area contributed by atoms with Crippen LogP contribution in [0.5, 0.6) is 0 Å². The number of rotatable bonds is 6. The molecule has 1 amide bonds. The number of halogens is 1. The van der Waals surface area contributed by atoms with E-state index in [1.807, 2.05) is 12.3 Å². The van der Waals surface area contributed by atoms with Gasteiger partial charge in [0.05, 0.1) is 29.9 Å². The van der Waals surface area contributed by atoms with Crippen molar-refractivity contribution in [2.24, 2.45) is 11.3 Å². The van der Waals surface area contributed by atoms with Crippen LogP contribution in [0.4, 0.5) is 10.2 Å². The van der Waals surface area contributed by atoms with Crippen molar-refractivity contribution in [1.29, 1.82) is 0 Å². The summed E-state index contributed by atoms with van der Waals surface area (Å²) in [7, 11) is 0. The number of aliphatic hydroxyl groups is 2. The molecule has 0 bridgehead atoms. The number of fused-ring (bicyclic) bond motifs is 1.